The number of rotatable bonds is 6. The summed E-state index contributed by atoms with van der Waals surface area (Å²) >= 11 is 0. The van der Waals surface area contributed by atoms with Crippen molar-refractivity contribution in [2.45, 2.75) is 57.5 Å². The molecule has 0 bridgehead atoms. The van der Waals surface area contributed by atoms with Crippen LogP contribution in [0.25, 0.3) is 11.1 Å². The van der Waals surface area contributed by atoms with E-state index in [0.717, 1.165) is 11.1 Å². The van der Waals surface area contributed by atoms with Crippen LogP contribution in [0.3, 0.4) is 0 Å². The summed E-state index contributed by atoms with van der Waals surface area (Å²) in [6, 6.07) is 17.3. The molecule has 1 aliphatic rings. The summed E-state index contributed by atoms with van der Waals surface area (Å²) < 4.78 is 12.2. The zero-order chi connectivity index (χ0) is 23.7. The second kappa shape index (κ2) is 9.18. The van der Waals surface area contributed by atoms with Crippen molar-refractivity contribution in [3.8, 4) is 11.1 Å². The topological polar surface area (TPSA) is 55.8 Å². The van der Waals surface area contributed by atoms with Crippen LogP contribution in [-0.4, -0.2) is 31.6 Å². The second-order valence-corrected chi connectivity index (χ2v) is 14.8. The molecule has 170 valence electrons. The second-order valence-electron chi connectivity index (χ2n) is 10.0. The SMILES string of the molecule is C=C(OC(=O)c1ccc(-c2ccccc2)cc1)C1C(=C)C(O)CC1O[Si](C)(C)C(C)(C)C. The van der Waals surface area contributed by atoms with Crippen LogP contribution in [0.15, 0.2) is 79.1 Å². The van der Waals surface area contributed by atoms with Crippen molar-refractivity contribution in [3.05, 3.63) is 84.7 Å². The maximum Gasteiger partial charge on any atom is 0.343 e. The summed E-state index contributed by atoms with van der Waals surface area (Å²) in [4.78, 5) is 12.8. The molecule has 1 aliphatic carbocycles. The first-order chi connectivity index (χ1) is 14.9. The van der Waals surface area contributed by atoms with Gasteiger partial charge in [-0.2, -0.15) is 0 Å². The Morgan fingerprint density at radius 1 is 1.03 bits per heavy atom. The highest BCUT2D eigenvalue weighted by Gasteiger charge is 2.46. The number of carbonyl (C=O) groups is 1. The Morgan fingerprint density at radius 2 is 1.59 bits per heavy atom. The van der Waals surface area contributed by atoms with Gasteiger partial charge in [-0.25, -0.2) is 4.79 Å². The van der Waals surface area contributed by atoms with Crippen LogP contribution < -0.4 is 0 Å². The highest BCUT2D eigenvalue weighted by molar-refractivity contribution is 6.74. The molecule has 0 radical (unpaired) electrons. The Labute approximate surface area is 192 Å². The Bertz CT molecular complexity index is 987. The number of aliphatic hydroxyl groups is 1. The first-order valence-corrected chi connectivity index (χ1v) is 13.9. The Morgan fingerprint density at radius 3 is 2.16 bits per heavy atom. The number of aliphatic hydroxyl groups excluding tert-OH is 1. The molecule has 1 saturated carbocycles. The van der Waals surface area contributed by atoms with E-state index in [0.29, 0.717) is 17.6 Å². The van der Waals surface area contributed by atoms with E-state index in [1.54, 1.807) is 12.1 Å². The van der Waals surface area contributed by atoms with Gasteiger partial charge in [0.05, 0.1) is 23.7 Å². The van der Waals surface area contributed by atoms with Crippen LogP contribution in [0.1, 0.15) is 37.6 Å². The molecule has 2 aromatic rings. The Balaban J connectivity index is 1.72. The molecule has 0 spiro atoms. The smallest absolute Gasteiger partial charge is 0.343 e. The molecule has 3 atom stereocenters. The molecule has 3 unspecified atom stereocenters. The highest BCUT2D eigenvalue weighted by atomic mass is 28.4. The minimum atomic E-state index is -2.09. The fourth-order valence-electron chi connectivity index (χ4n) is 3.71. The summed E-state index contributed by atoms with van der Waals surface area (Å²) in [5.41, 5.74) is 3.14. The van der Waals surface area contributed by atoms with E-state index < -0.39 is 26.3 Å². The van der Waals surface area contributed by atoms with Crippen molar-refractivity contribution in [2.24, 2.45) is 5.92 Å². The van der Waals surface area contributed by atoms with Crippen LogP contribution in [0.2, 0.25) is 18.1 Å². The first kappa shape index (κ1) is 24.2. The van der Waals surface area contributed by atoms with Crippen molar-refractivity contribution < 1.29 is 19.1 Å². The molecule has 1 fully saturated rings. The third-order valence-electron chi connectivity index (χ3n) is 6.71. The van der Waals surface area contributed by atoms with Crippen LogP contribution >= 0.6 is 0 Å². The number of ether oxygens (including phenoxy) is 1. The highest BCUT2D eigenvalue weighted by Crippen LogP contribution is 2.44. The largest absolute Gasteiger partial charge is 0.427 e. The predicted octanol–water partition coefficient (Wildman–Crippen LogP) is 6.35. The minimum Gasteiger partial charge on any atom is -0.427 e. The van der Waals surface area contributed by atoms with E-state index in [4.69, 9.17) is 9.16 Å². The van der Waals surface area contributed by atoms with Crippen molar-refractivity contribution >= 4 is 14.3 Å². The van der Waals surface area contributed by atoms with Gasteiger partial charge in [-0.1, -0.05) is 76.4 Å². The quantitative estimate of drug-likeness (QED) is 0.241. The lowest BCUT2D eigenvalue weighted by Crippen LogP contribution is -2.45. The van der Waals surface area contributed by atoms with E-state index in [-0.39, 0.29) is 16.9 Å². The van der Waals surface area contributed by atoms with Crippen LogP contribution in [0.5, 0.6) is 0 Å². The third-order valence-corrected chi connectivity index (χ3v) is 11.2. The van der Waals surface area contributed by atoms with Gasteiger partial charge in [0.2, 0.25) is 0 Å². The van der Waals surface area contributed by atoms with Gasteiger partial charge in [0.15, 0.2) is 8.32 Å². The Hall–Kier alpha value is -2.47. The monoisotopic (exact) mass is 450 g/mol. The average Bonchev–Trinajstić information content (AvgIpc) is 3.00. The molecule has 4 nitrogen and oxygen atoms in total. The van der Waals surface area contributed by atoms with Crippen molar-refractivity contribution in [2.75, 3.05) is 0 Å². The minimum absolute atomic E-state index is 0.0188. The van der Waals surface area contributed by atoms with Gasteiger partial charge in [0.1, 0.15) is 5.76 Å². The molecular weight excluding hydrogens is 416 g/mol. The van der Waals surface area contributed by atoms with E-state index in [1.165, 1.54) is 0 Å². The lowest BCUT2D eigenvalue weighted by molar-refractivity contribution is 0.0550. The van der Waals surface area contributed by atoms with Gasteiger partial charge in [-0.3, -0.25) is 0 Å². The number of benzene rings is 2. The van der Waals surface area contributed by atoms with Gasteiger partial charge < -0.3 is 14.3 Å². The first-order valence-electron chi connectivity index (χ1n) is 11.0. The van der Waals surface area contributed by atoms with Gasteiger partial charge >= 0.3 is 5.97 Å². The van der Waals surface area contributed by atoms with Gasteiger partial charge in [-0.05, 0) is 47.0 Å². The lowest BCUT2D eigenvalue weighted by Gasteiger charge is -2.39. The molecule has 0 heterocycles. The van der Waals surface area contributed by atoms with Crippen LogP contribution in [0, 0.1) is 5.92 Å². The Kier molecular flexibility index (Phi) is 6.93. The maximum atomic E-state index is 12.8. The van der Waals surface area contributed by atoms with E-state index in [9.17, 15) is 9.90 Å². The van der Waals surface area contributed by atoms with Gasteiger partial charge in [0, 0.05) is 6.42 Å². The molecule has 5 heteroatoms. The average molecular weight is 451 g/mol. The van der Waals surface area contributed by atoms with Gasteiger partial charge in [0.25, 0.3) is 0 Å². The van der Waals surface area contributed by atoms with E-state index in [2.05, 4.69) is 47.0 Å². The number of carbonyl (C=O) groups excluding carboxylic acids is 1. The predicted molar refractivity (Wildman–Crippen MR) is 132 cm³/mol. The van der Waals surface area contributed by atoms with E-state index >= 15 is 0 Å². The molecule has 0 saturated heterocycles. The fraction of sp³-hybridized carbons (Fsp3) is 0.370. The summed E-state index contributed by atoms with van der Waals surface area (Å²) in [7, 11) is -2.09. The summed E-state index contributed by atoms with van der Waals surface area (Å²) in [5.74, 6) is -0.631. The molecule has 0 amide bonds. The maximum absolute atomic E-state index is 12.8. The van der Waals surface area contributed by atoms with Crippen molar-refractivity contribution in [1.29, 1.82) is 0 Å². The molecule has 32 heavy (non-hydrogen) atoms. The molecule has 3 rings (SSSR count). The zero-order valence-corrected chi connectivity index (χ0v) is 20.7. The molecule has 0 aliphatic heterocycles. The lowest BCUT2D eigenvalue weighted by atomic mass is 10.00. The van der Waals surface area contributed by atoms with Crippen LogP contribution in [-0.2, 0) is 9.16 Å². The molecular formula is C27H34O4Si. The number of hydrogen-bond donors (Lipinski definition) is 1. The summed E-state index contributed by atoms with van der Waals surface area (Å²) in [6.07, 6.45) is -0.576. The molecule has 0 aromatic heterocycles. The normalized spacial score (nSPS) is 21.4. The zero-order valence-electron chi connectivity index (χ0n) is 19.7. The fourth-order valence-corrected chi connectivity index (χ4v) is 5.05. The summed E-state index contributed by atoms with van der Waals surface area (Å²) in [6.45, 7) is 18.9. The van der Waals surface area contributed by atoms with Gasteiger partial charge in [-0.15, -0.1) is 0 Å². The molecule has 1 N–H and O–H groups in total. The van der Waals surface area contributed by atoms with Crippen LogP contribution in [0.4, 0.5) is 0 Å². The number of hydrogen-bond acceptors (Lipinski definition) is 4. The van der Waals surface area contributed by atoms with Crippen molar-refractivity contribution in [3.63, 3.8) is 0 Å². The molecule has 2 aromatic carbocycles. The number of esters is 1. The van der Waals surface area contributed by atoms with Crippen molar-refractivity contribution in [1.82, 2.24) is 0 Å². The summed E-state index contributed by atoms with van der Waals surface area (Å²) in [5, 5.41) is 10.5. The standard InChI is InChI=1S/C27H34O4Si/c1-18-23(28)17-24(31-32(6,7)27(3,4)5)25(18)19(2)30-26(29)22-15-13-21(14-16-22)20-11-9-8-10-12-20/h8-16,23-25,28H,1-2,17H2,3-7H3. The third kappa shape index (κ3) is 5.12. The van der Waals surface area contributed by atoms with E-state index in [1.807, 2.05) is 42.5 Å².